The second-order valence-corrected chi connectivity index (χ2v) is 10.9. The minimum atomic E-state index is 0. The molecule has 0 fully saturated rings. The van der Waals surface area contributed by atoms with Gasteiger partial charge < -0.3 is 31.4 Å². The van der Waals surface area contributed by atoms with Crippen molar-refractivity contribution in [3.63, 3.8) is 0 Å². The molecule has 0 aromatic carbocycles. The molecular formula is C20H52O6Sn3. The van der Waals surface area contributed by atoms with Gasteiger partial charge in [-0.3, -0.25) is 0 Å². The van der Waals surface area contributed by atoms with Crippen molar-refractivity contribution in [1.29, 1.82) is 0 Å². The standard InChI is InChI=1S/4C5H12O.2H2O.3Sn/c4*1-5(2,3)4-6;;;;;/h4*6H,4H2,1-3H3;2*1H2;;;. The quantitative estimate of drug-likeness (QED) is 0.278. The topological polar surface area (TPSA) is 144 Å². The summed E-state index contributed by atoms with van der Waals surface area (Å²) in [5, 5.41) is 33.6. The number of rotatable bonds is 0. The van der Waals surface area contributed by atoms with Gasteiger partial charge in [0.05, 0.1) is 0 Å². The molecule has 0 aromatic rings. The van der Waals surface area contributed by atoms with E-state index in [0.717, 1.165) is 0 Å². The second kappa shape index (κ2) is 28.2. The molecule has 0 heterocycles. The van der Waals surface area contributed by atoms with Crippen LogP contribution in [0.1, 0.15) is 83.1 Å². The Morgan fingerprint density at radius 3 is 0.379 bits per heavy atom. The van der Waals surface area contributed by atoms with E-state index in [9.17, 15) is 0 Å². The van der Waals surface area contributed by atoms with Crippen molar-refractivity contribution < 1.29 is 31.4 Å². The summed E-state index contributed by atoms with van der Waals surface area (Å²) in [5.74, 6) is 0. The van der Waals surface area contributed by atoms with Gasteiger partial charge in [0.25, 0.3) is 0 Å². The van der Waals surface area contributed by atoms with Crippen molar-refractivity contribution >= 4 is 71.7 Å². The van der Waals surface area contributed by atoms with E-state index >= 15 is 0 Å². The van der Waals surface area contributed by atoms with E-state index in [1.165, 1.54) is 0 Å². The second-order valence-electron chi connectivity index (χ2n) is 10.9. The Balaban J connectivity index is -0.0000000248. The molecule has 0 unspecified atom stereocenters. The van der Waals surface area contributed by atoms with Crippen LogP contribution in [0.3, 0.4) is 0 Å². The Morgan fingerprint density at radius 2 is 0.379 bits per heavy atom. The molecule has 0 saturated heterocycles. The first-order chi connectivity index (χ1) is 10.2. The molecular weight excluding hydrogens is 692 g/mol. The zero-order chi connectivity index (χ0) is 20.8. The Kier molecular flexibility index (Phi) is 56.1. The Hall–Kier alpha value is 2.16. The van der Waals surface area contributed by atoms with Crippen molar-refractivity contribution in [2.45, 2.75) is 83.1 Å². The van der Waals surface area contributed by atoms with Crippen LogP contribution in [0.25, 0.3) is 0 Å². The van der Waals surface area contributed by atoms with Crippen molar-refractivity contribution in [3.05, 3.63) is 0 Å². The molecule has 9 heteroatoms. The molecule has 29 heavy (non-hydrogen) atoms. The molecule has 0 atom stereocenters. The summed E-state index contributed by atoms with van der Waals surface area (Å²) in [7, 11) is 0. The van der Waals surface area contributed by atoms with Gasteiger partial charge >= 0.3 is 0 Å². The molecule has 12 radical (unpaired) electrons. The van der Waals surface area contributed by atoms with Crippen LogP contribution in [0, 0.1) is 21.7 Å². The van der Waals surface area contributed by atoms with E-state index in [1.807, 2.05) is 83.1 Å². The van der Waals surface area contributed by atoms with Crippen molar-refractivity contribution in [2.24, 2.45) is 21.7 Å². The molecule has 0 aromatic heterocycles. The maximum Gasteiger partial charge on any atom is 0.0479 e. The van der Waals surface area contributed by atoms with Crippen LogP contribution in [0.2, 0.25) is 0 Å². The predicted octanol–water partition coefficient (Wildman–Crippen LogP) is 1.31. The molecule has 0 bridgehead atoms. The third-order valence-corrected chi connectivity index (χ3v) is 1.90. The first-order valence-electron chi connectivity index (χ1n) is 8.68. The van der Waals surface area contributed by atoms with Crippen molar-refractivity contribution in [2.75, 3.05) is 26.4 Å². The van der Waals surface area contributed by atoms with Gasteiger partial charge in [0.2, 0.25) is 0 Å². The SMILES string of the molecule is CC(C)(C)CO.CC(C)(C)CO.CC(C)(C)CO.CC(C)(C)CO.O.O.[Sn].[Sn].[Sn]. The van der Waals surface area contributed by atoms with Crippen molar-refractivity contribution in [1.82, 2.24) is 0 Å². The predicted molar refractivity (Wildman–Crippen MR) is 131 cm³/mol. The molecule has 0 amide bonds. The molecule has 180 valence electrons. The first-order valence-corrected chi connectivity index (χ1v) is 8.68. The van der Waals surface area contributed by atoms with Gasteiger partial charge in [-0.1, -0.05) is 83.1 Å². The summed E-state index contributed by atoms with van der Waals surface area (Å²) < 4.78 is 0. The molecule has 0 spiro atoms. The normalized spacial score (nSPS) is 9.93. The molecule has 0 aliphatic rings. The number of aliphatic hydroxyl groups excluding tert-OH is 4. The zero-order valence-corrected chi connectivity index (χ0v) is 29.7. The molecule has 0 saturated carbocycles. The van der Waals surface area contributed by atoms with Crippen LogP contribution in [0.5, 0.6) is 0 Å². The van der Waals surface area contributed by atoms with E-state index in [2.05, 4.69) is 0 Å². The van der Waals surface area contributed by atoms with Crippen LogP contribution in [0.15, 0.2) is 0 Å². The summed E-state index contributed by atoms with van der Waals surface area (Å²) in [5.41, 5.74) is 0.389. The fourth-order valence-corrected chi connectivity index (χ4v) is 0. The van der Waals surface area contributed by atoms with E-state index in [-0.39, 0.29) is 131 Å². The Bertz CT molecular complexity index is 209. The van der Waals surface area contributed by atoms with Crippen LogP contribution in [-0.4, -0.2) is 130 Å². The molecule has 0 rings (SSSR count). The minimum absolute atomic E-state index is 0. The van der Waals surface area contributed by atoms with Gasteiger partial charge in [-0.05, 0) is 21.7 Å². The maximum atomic E-state index is 8.40. The molecule has 6 nitrogen and oxygen atoms in total. The smallest absolute Gasteiger partial charge is 0.0479 e. The maximum absolute atomic E-state index is 8.40. The average Bonchev–Trinajstić information content (AvgIpc) is 2.37. The monoisotopic (exact) mass is 748 g/mol. The Labute approximate surface area is 232 Å². The van der Waals surface area contributed by atoms with Crippen molar-refractivity contribution in [3.8, 4) is 0 Å². The van der Waals surface area contributed by atoms with Crippen LogP contribution >= 0.6 is 0 Å². The summed E-state index contributed by atoms with van der Waals surface area (Å²) >= 11 is 0. The largest absolute Gasteiger partial charge is 0.412 e. The van der Waals surface area contributed by atoms with E-state index in [4.69, 9.17) is 20.4 Å². The van der Waals surface area contributed by atoms with Crippen LogP contribution in [-0.2, 0) is 0 Å². The van der Waals surface area contributed by atoms with Crippen LogP contribution in [0.4, 0.5) is 0 Å². The molecule has 0 aliphatic heterocycles. The van der Waals surface area contributed by atoms with Gasteiger partial charge in [0, 0.05) is 98.2 Å². The summed E-state index contributed by atoms with van der Waals surface area (Å²) in [6.45, 7) is 25.0. The Morgan fingerprint density at radius 1 is 0.345 bits per heavy atom. The summed E-state index contributed by atoms with van der Waals surface area (Å²) in [6, 6.07) is 0. The fraction of sp³-hybridized carbons (Fsp3) is 1.00. The van der Waals surface area contributed by atoms with Gasteiger partial charge in [0.15, 0.2) is 0 Å². The van der Waals surface area contributed by atoms with E-state index in [0.29, 0.717) is 0 Å². The van der Waals surface area contributed by atoms with Gasteiger partial charge in [-0.2, -0.15) is 0 Å². The van der Waals surface area contributed by atoms with Gasteiger partial charge in [-0.25, -0.2) is 0 Å². The number of hydrogen-bond donors (Lipinski definition) is 4. The van der Waals surface area contributed by atoms with E-state index in [1.54, 1.807) is 0 Å². The number of aliphatic hydroxyl groups is 4. The molecule has 0 aliphatic carbocycles. The van der Waals surface area contributed by atoms with Gasteiger partial charge in [0.1, 0.15) is 0 Å². The fourth-order valence-electron chi connectivity index (χ4n) is 0. The average molecular weight is 745 g/mol. The third kappa shape index (κ3) is 119. The molecule has 8 N–H and O–H groups in total. The number of hydrogen-bond acceptors (Lipinski definition) is 4. The minimum Gasteiger partial charge on any atom is -0.412 e. The van der Waals surface area contributed by atoms with Gasteiger partial charge in [-0.15, -0.1) is 0 Å². The first kappa shape index (κ1) is 57.7. The van der Waals surface area contributed by atoms with E-state index < -0.39 is 0 Å². The summed E-state index contributed by atoms with van der Waals surface area (Å²) in [4.78, 5) is 0. The van der Waals surface area contributed by atoms with Crippen LogP contribution < -0.4 is 0 Å². The zero-order valence-electron chi connectivity index (χ0n) is 21.1. The third-order valence-electron chi connectivity index (χ3n) is 1.90. The summed E-state index contributed by atoms with van der Waals surface area (Å²) in [6.07, 6.45) is 0.